The van der Waals surface area contributed by atoms with E-state index in [1.807, 2.05) is 20.8 Å². The molecule has 0 aromatic heterocycles. The lowest BCUT2D eigenvalue weighted by atomic mass is 10.4. The molecule has 0 bridgehead atoms. The number of hydrogen-bond acceptors (Lipinski definition) is 3. The van der Waals surface area contributed by atoms with Crippen LogP contribution in [0.2, 0.25) is 0 Å². The van der Waals surface area contributed by atoms with Crippen molar-refractivity contribution in [3.8, 4) is 0 Å². The molecule has 0 spiro atoms. The van der Waals surface area contributed by atoms with Crippen LogP contribution < -0.4 is 10.6 Å². The van der Waals surface area contributed by atoms with Crippen LogP contribution in [0.25, 0.3) is 0 Å². The first kappa shape index (κ1) is 13.4. The zero-order valence-corrected chi connectivity index (χ0v) is 9.43. The van der Waals surface area contributed by atoms with E-state index in [-0.39, 0.29) is 12.0 Å². The first-order valence-corrected chi connectivity index (χ1v) is 5.25. The van der Waals surface area contributed by atoms with E-state index in [1.54, 1.807) is 0 Å². The van der Waals surface area contributed by atoms with Crippen molar-refractivity contribution in [1.29, 1.82) is 0 Å². The molecule has 0 aromatic carbocycles. The summed E-state index contributed by atoms with van der Waals surface area (Å²) in [6, 6.07) is 0. The Kier molecular flexibility index (Phi) is 8.57. The summed E-state index contributed by atoms with van der Waals surface area (Å²) in [5.74, 6) is 0.0818. The fourth-order valence-electron chi connectivity index (χ4n) is 0.952. The molecular weight excluding hydrogens is 180 g/mol. The van der Waals surface area contributed by atoms with Gasteiger partial charge in [0.1, 0.15) is 0 Å². The lowest BCUT2D eigenvalue weighted by Crippen LogP contribution is -2.30. The van der Waals surface area contributed by atoms with Crippen molar-refractivity contribution in [2.75, 3.05) is 26.2 Å². The van der Waals surface area contributed by atoms with Crippen LogP contribution in [-0.4, -0.2) is 38.3 Å². The third kappa shape index (κ3) is 9.48. The van der Waals surface area contributed by atoms with Gasteiger partial charge in [0.05, 0.1) is 12.7 Å². The highest BCUT2D eigenvalue weighted by Gasteiger charge is 1.99. The summed E-state index contributed by atoms with van der Waals surface area (Å²) < 4.78 is 5.29. The average Bonchev–Trinajstić information content (AvgIpc) is 2.13. The van der Waals surface area contributed by atoms with E-state index in [2.05, 4.69) is 10.6 Å². The molecule has 0 unspecified atom stereocenters. The molecule has 0 radical (unpaired) electrons. The lowest BCUT2D eigenvalue weighted by molar-refractivity contribution is -0.121. The molecule has 2 N–H and O–H groups in total. The van der Waals surface area contributed by atoms with E-state index in [4.69, 9.17) is 4.74 Å². The van der Waals surface area contributed by atoms with Crippen LogP contribution in [0, 0.1) is 0 Å². The van der Waals surface area contributed by atoms with Crippen molar-refractivity contribution >= 4 is 5.91 Å². The number of hydrogen-bond donors (Lipinski definition) is 2. The molecule has 4 heteroatoms. The first-order chi connectivity index (χ1) is 6.66. The van der Waals surface area contributed by atoms with Crippen LogP contribution in [0.1, 0.15) is 27.2 Å². The summed E-state index contributed by atoms with van der Waals surface area (Å²) in [5, 5.41) is 5.89. The molecule has 14 heavy (non-hydrogen) atoms. The summed E-state index contributed by atoms with van der Waals surface area (Å²) >= 11 is 0. The van der Waals surface area contributed by atoms with E-state index in [1.165, 1.54) is 0 Å². The van der Waals surface area contributed by atoms with Crippen molar-refractivity contribution < 1.29 is 9.53 Å². The maximum atomic E-state index is 11.2. The van der Waals surface area contributed by atoms with Crippen LogP contribution in [0.4, 0.5) is 0 Å². The van der Waals surface area contributed by atoms with Crippen LogP contribution in [0.15, 0.2) is 0 Å². The van der Waals surface area contributed by atoms with Crippen LogP contribution in [0.5, 0.6) is 0 Å². The molecule has 0 saturated carbocycles. The largest absolute Gasteiger partial charge is 0.377 e. The maximum Gasteiger partial charge on any atom is 0.221 e. The number of carbonyl (C=O) groups is 1. The third-order valence-corrected chi connectivity index (χ3v) is 1.65. The number of ether oxygens (including phenoxy) is 1. The Morgan fingerprint density at radius 1 is 1.36 bits per heavy atom. The Hall–Kier alpha value is -0.610. The molecule has 0 saturated heterocycles. The Labute approximate surface area is 86.4 Å². The Morgan fingerprint density at radius 2 is 2.07 bits per heavy atom. The summed E-state index contributed by atoms with van der Waals surface area (Å²) in [6.45, 7) is 8.82. The minimum Gasteiger partial charge on any atom is -0.377 e. The van der Waals surface area contributed by atoms with E-state index in [0.29, 0.717) is 19.6 Å². The zero-order chi connectivity index (χ0) is 10.8. The van der Waals surface area contributed by atoms with Gasteiger partial charge in [-0.15, -0.1) is 0 Å². The second-order valence-corrected chi connectivity index (χ2v) is 3.37. The molecule has 0 atom stereocenters. The van der Waals surface area contributed by atoms with Gasteiger partial charge in [-0.05, 0) is 20.4 Å². The van der Waals surface area contributed by atoms with Gasteiger partial charge < -0.3 is 15.4 Å². The highest BCUT2D eigenvalue weighted by molar-refractivity contribution is 5.75. The smallest absolute Gasteiger partial charge is 0.221 e. The van der Waals surface area contributed by atoms with Crippen molar-refractivity contribution in [2.45, 2.75) is 33.3 Å². The molecule has 1 amide bonds. The number of amides is 1. The van der Waals surface area contributed by atoms with Gasteiger partial charge in [-0.1, -0.05) is 6.92 Å². The van der Waals surface area contributed by atoms with Crippen molar-refractivity contribution in [3.63, 3.8) is 0 Å². The molecule has 4 nitrogen and oxygen atoms in total. The zero-order valence-electron chi connectivity index (χ0n) is 9.43. The lowest BCUT2D eigenvalue weighted by Gasteiger charge is -2.08. The van der Waals surface area contributed by atoms with Gasteiger partial charge in [0.25, 0.3) is 0 Å². The first-order valence-electron chi connectivity index (χ1n) is 5.25. The van der Waals surface area contributed by atoms with Crippen LogP contribution in [0.3, 0.4) is 0 Å². The van der Waals surface area contributed by atoms with Gasteiger partial charge >= 0.3 is 0 Å². The van der Waals surface area contributed by atoms with E-state index in [0.717, 1.165) is 13.1 Å². The predicted molar refractivity (Wildman–Crippen MR) is 57.3 cm³/mol. The highest BCUT2D eigenvalue weighted by Crippen LogP contribution is 1.85. The van der Waals surface area contributed by atoms with E-state index < -0.39 is 0 Å². The quantitative estimate of drug-likeness (QED) is 0.564. The number of carbonyl (C=O) groups excluding carboxylic acids is 1. The van der Waals surface area contributed by atoms with Gasteiger partial charge in [-0.2, -0.15) is 0 Å². The molecule has 0 rings (SSSR count). The van der Waals surface area contributed by atoms with Crippen LogP contribution in [-0.2, 0) is 9.53 Å². The van der Waals surface area contributed by atoms with Crippen molar-refractivity contribution in [1.82, 2.24) is 10.6 Å². The Morgan fingerprint density at radius 3 is 2.64 bits per heavy atom. The van der Waals surface area contributed by atoms with Crippen molar-refractivity contribution in [3.05, 3.63) is 0 Å². The molecule has 0 aromatic rings. The monoisotopic (exact) mass is 202 g/mol. The fraction of sp³-hybridized carbons (Fsp3) is 0.900. The summed E-state index contributed by atoms with van der Waals surface area (Å²) in [7, 11) is 0. The standard InChI is InChI=1S/C10H22N2O2/c1-4-11-6-5-10(13)12-7-8-14-9(2)3/h9,11H,4-8H2,1-3H3,(H,12,13). The van der Waals surface area contributed by atoms with E-state index in [9.17, 15) is 4.79 Å². The van der Waals surface area contributed by atoms with Gasteiger partial charge in [-0.3, -0.25) is 4.79 Å². The predicted octanol–water partition coefficient (Wildman–Crippen LogP) is 0.527. The minimum atomic E-state index is 0.0818. The third-order valence-electron chi connectivity index (χ3n) is 1.65. The van der Waals surface area contributed by atoms with Gasteiger partial charge in [-0.25, -0.2) is 0 Å². The molecule has 0 aliphatic carbocycles. The number of nitrogens with one attached hydrogen (secondary N) is 2. The highest BCUT2D eigenvalue weighted by atomic mass is 16.5. The SMILES string of the molecule is CCNCCC(=O)NCCOC(C)C. The van der Waals surface area contributed by atoms with Gasteiger partial charge in [0.2, 0.25) is 5.91 Å². The number of rotatable bonds is 8. The summed E-state index contributed by atoms with van der Waals surface area (Å²) in [4.78, 5) is 11.2. The Bertz CT molecular complexity index is 149. The molecule has 0 heterocycles. The van der Waals surface area contributed by atoms with Gasteiger partial charge in [0.15, 0.2) is 0 Å². The molecule has 0 aliphatic rings. The molecular formula is C10H22N2O2. The van der Waals surface area contributed by atoms with E-state index >= 15 is 0 Å². The molecule has 0 aliphatic heterocycles. The van der Waals surface area contributed by atoms with Crippen LogP contribution >= 0.6 is 0 Å². The summed E-state index contributed by atoms with van der Waals surface area (Å²) in [5.41, 5.74) is 0. The second kappa shape index (κ2) is 8.97. The maximum absolute atomic E-state index is 11.2. The normalized spacial score (nSPS) is 10.6. The topological polar surface area (TPSA) is 50.4 Å². The average molecular weight is 202 g/mol. The van der Waals surface area contributed by atoms with Crippen molar-refractivity contribution in [2.24, 2.45) is 0 Å². The fourth-order valence-corrected chi connectivity index (χ4v) is 0.952. The molecule has 84 valence electrons. The van der Waals surface area contributed by atoms with Gasteiger partial charge in [0, 0.05) is 19.5 Å². The second-order valence-electron chi connectivity index (χ2n) is 3.37. The molecule has 0 fully saturated rings. The minimum absolute atomic E-state index is 0.0818. The Balaban J connectivity index is 3.18. The summed E-state index contributed by atoms with van der Waals surface area (Å²) in [6.07, 6.45) is 0.767.